The highest BCUT2D eigenvalue weighted by Crippen LogP contribution is 2.20. The van der Waals surface area contributed by atoms with Gasteiger partial charge in [0.15, 0.2) is 16.6 Å². The molecule has 2 N–H and O–H groups in total. The smallest absolute Gasteiger partial charge is 0.257 e. The predicted molar refractivity (Wildman–Crippen MR) is 134 cm³/mol. The molecule has 0 atom stereocenters. The number of benzene rings is 3. The van der Waals surface area contributed by atoms with Crippen LogP contribution in [-0.4, -0.2) is 22.1 Å². The summed E-state index contributed by atoms with van der Waals surface area (Å²) in [6.45, 7) is 5.94. The Morgan fingerprint density at radius 1 is 1.06 bits per heavy atom. The van der Waals surface area contributed by atoms with E-state index >= 15 is 0 Å². The average Bonchev–Trinajstić information content (AvgIpc) is 3.16. The van der Waals surface area contributed by atoms with E-state index in [4.69, 9.17) is 21.4 Å². The third kappa shape index (κ3) is 5.96. The van der Waals surface area contributed by atoms with Gasteiger partial charge in [0, 0.05) is 17.7 Å². The highest BCUT2D eigenvalue weighted by molar-refractivity contribution is 7.80. The summed E-state index contributed by atoms with van der Waals surface area (Å²) in [5.74, 6) is 1.10. The number of carbonyl (C=O) groups is 1. The van der Waals surface area contributed by atoms with Crippen LogP contribution >= 0.6 is 12.2 Å². The van der Waals surface area contributed by atoms with Crippen LogP contribution in [0, 0.1) is 6.92 Å². The standard InChI is InChI=1S/C26H25N3O3S/c1-16(2)31-21-11-7-19(8-12-21)25(30)29-26(33)27-20-9-5-18(6-10-20)15-24-28-22-14-17(3)4-13-23(22)32-24/h4-14,16H,15H2,1-3H3,(H2,27,29,30,33). The molecule has 0 unspecified atom stereocenters. The Balaban J connectivity index is 1.32. The minimum Gasteiger partial charge on any atom is -0.491 e. The highest BCUT2D eigenvalue weighted by Gasteiger charge is 2.10. The van der Waals surface area contributed by atoms with E-state index in [1.807, 2.05) is 63.2 Å². The monoisotopic (exact) mass is 459 g/mol. The number of nitrogens with zero attached hydrogens (tertiary/aromatic N) is 1. The SMILES string of the molecule is Cc1ccc2oc(Cc3ccc(NC(=S)NC(=O)c4ccc(OC(C)C)cc4)cc3)nc2c1. The Labute approximate surface area is 198 Å². The minimum absolute atomic E-state index is 0.0760. The van der Waals surface area contributed by atoms with Gasteiger partial charge in [0.25, 0.3) is 5.91 Å². The van der Waals surface area contributed by atoms with Crippen molar-refractivity contribution in [2.45, 2.75) is 33.3 Å². The van der Waals surface area contributed by atoms with Crippen molar-refractivity contribution in [3.63, 3.8) is 0 Å². The van der Waals surface area contributed by atoms with E-state index in [0.717, 1.165) is 33.7 Å². The molecule has 0 aliphatic rings. The van der Waals surface area contributed by atoms with Crippen molar-refractivity contribution < 1.29 is 13.9 Å². The second kappa shape index (κ2) is 9.83. The molecule has 0 saturated heterocycles. The van der Waals surface area contributed by atoms with Gasteiger partial charge in [-0.15, -0.1) is 0 Å². The van der Waals surface area contributed by atoms with Crippen LogP contribution in [0.25, 0.3) is 11.1 Å². The van der Waals surface area contributed by atoms with Crippen molar-refractivity contribution in [3.8, 4) is 5.75 Å². The van der Waals surface area contributed by atoms with Gasteiger partial charge in [-0.3, -0.25) is 10.1 Å². The number of fused-ring (bicyclic) bond motifs is 1. The molecule has 1 amide bonds. The first-order chi connectivity index (χ1) is 15.9. The number of rotatable bonds is 6. The van der Waals surface area contributed by atoms with Gasteiger partial charge in [-0.25, -0.2) is 4.98 Å². The van der Waals surface area contributed by atoms with Crippen LogP contribution in [0.4, 0.5) is 5.69 Å². The minimum atomic E-state index is -0.286. The van der Waals surface area contributed by atoms with E-state index in [1.165, 1.54) is 0 Å². The largest absolute Gasteiger partial charge is 0.491 e. The number of thiocarbonyl (C=S) groups is 1. The van der Waals surface area contributed by atoms with Gasteiger partial charge in [0.05, 0.1) is 6.10 Å². The Kier molecular flexibility index (Phi) is 6.70. The van der Waals surface area contributed by atoms with Crippen LogP contribution < -0.4 is 15.4 Å². The Bertz CT molecular complexity index is 1280. The fourth-order valence-electron chi connectivity index (χ4n) is 3.34. The first-order valence-corrected chi connectivity index (χ1v) is 11.1. The normalized spacial score (nSPS) is 10.9. The number of amides is 1. The Morgan fingerprint density at radius 3 is 2.48 bits per heavy atom. The molecule has 0 fully saturated rings. The summed E-state index contributed by atoms with van der Waals surface area (Å²) in [6.07, 6.45) is 0.665. The zero-order chi connectivity index (χ0) is 23.4. The van der Waals surface area contributed by atoms with Crippen molar-refractivity contribution in [1.82, 2.24) is 10.3 Å². The summed E-state index contributed by atoms with van der Waals surface area (Å²) < 4.78 is 11.4. The third-order valence-corrected chi connectivity index (χ3v) is 5.07. The molecule has 33 heavy (non-hydrogen) atoms. The van der Waals surface area contributed by atoms with Crippen molar-refractivity contribution in [2.24, 2.45) is 0 Å². The number of hydrogen-bond acceptors (Lipinski definition) is 5. The van der Waals surface area contributed by atoms with E-state index < -0.39 is 0 Å². The van der Waals surface area contributed by atoms with Gasteiger partial charge in [-0.2, -0.15) is 0 Å². The zero-order valence-corrected chi connectivity index (χ0v) is 19.5. The van der Waals surface area contributed by atoms with E-state index in [0.29, 0.717) is 17.9 Å². The number of aromatic nitrogens is 1. The molecule has 4 rings (SSSR count). The first kappa shape index (κ1) is 22.5. The van der Waals surface area contributed by atoms with E-state index in [2.05, 4.69) is 15.6 Å². The van der Waals surface area contributed by atoms with Crippen molar-refractivity contribution in [2.75, 3.05) is 5.32 Å². The number of anilines is 1. The van der Waals surface area contributed by atoms with Gasteiger partial charge in [-0.1, -0.05) is 18.2 Å². The van der Waals surface area contributed by atoms with Gasteiger partial charge >= 0.3 is 0 Å². The quantitative estimate of drug-likeness (QED) is 0.363. The second-order valence-electron chi connectivity index (χ2n) is 8.05. The molecule has 0 spiro atoms. The maximum absolute atomic E-state index is 12.4. The fourth-order valence-corrected chi connectivity index (χ4v) is 3.55. The van der Waals surface area contributed by atoms with Crippen molar-refractivity contribution in [3.05, 3.63) is 89.3 Å². The average molecular weight is 460 g/mol. The molecule has 0 saturated carbocycles. The lowest BCUT2D eigenvalue weighted by Crippen LogP contribution is -2.34. The van der Waals surface area contributed by atoms with Gasteiger partial charge in [-0.05, 0) is 92.6 Å². The van der Waals surface area contributed by atoms with Gasteiger partial charge < -0.3 is 14.5 Å². The summed E-state index contributed by atoms with van der Waals surface area (Å²) in [5.41, 5.74) is 5.14. The van der Waals surface area contributed by atoms with E-state index in [9.17, 15) is 4.79 Å². The molecule has 0 radical (unpaired) electrons. The van der Waals surface area contributed by atoms with Crippen LogP contribution in [0.2, 0.25) is 0 Å². The summed E-state index contributed by atoms with van der Waals surface area (Å²) in [4.78, 5) is 17.0. The molecule has 7 heteroatoms. The van der Waals surface area contributed by atoms with Crippen LogP contribution in [-0.2, 0) is 6.42 Å². The van der Waals surface area contributed by atoms with Gasteiger partial charge in [0.1, 0.15) is 11.3 Å². The highest BCUT2D eigenvalue weighted by atomic mass is 32.1. The molecule has 1 aromatic heterocycles. The lowest BCUT2D eigenvalue weighted by molar-refractivity contribution is 0.0977. The molecule has 4 aromatic rings. The third-order valence-electron chi connectivity index (χ3n) is 4.87. The number of aryl methyl sites for hydroxylation is 1. The predicted octanol–water partition coefficient (Wildman–Crippen LogP) is 5.64. The van der Waals surface area contributed by atoms with Gasteiger partial charge in [0.2, 0.25) is 0 Å². The summed E-state index contributed by atoms with van der Waals surface area (Å²) in [5, 5.41) is 5.96. The lowest BCUT2D eigenvalue weighted by atomic mass is 10.1. The maximum atomic E-state index is 12.4. The molecule has 0 aliphatic heterocycles. The molecule has 0 aliphatic carbocycles. The topological polar surface area (TPSA) is 76.4 Å². The summed E-state index contributed by atoms with van der Waals surface area (Å²) >= 11 is 5.29. The fraction of sp³-hybridized carbons (Fsp3) is 0.192. The first-order valence-electron chi connectivity index (χ1n) is 10.7. The molecule has 168 valence electrons. The van der Waals surface area contributed by atoms with Crippen molar-refractivity contribution in [1.29, 1.82) is 0 Å². The number of hydrogen-bond donors (Lipinski definition) is 2. The Hall–Kier alpha value is -3.71. The van der Waals surface area contributed by atoms with Crippen LogP contribution in [0.1, 0.15) is 41.2 Å². The second-order valence-corrected chi connectivity index (χ2v) is 8.46. The molecule has 1 heterocycles. The lowest BCUT2D eigenvalue weighted by Gasteiger charge is -2.11. The molecule has 0 bridgehead atoms. The van der Waals surface area contributed by atoms with Crippen LogP contribution in [0.5, 0.6) is 5.75 Å². The number of ether oxygens (including phenoxy) is 1. The summed E-state index contributed by atoms with van der Waals surface area (Å²) in [6, 6.07) is 20.7. The molecule has 3 aromatic carbocycles. The van der Waals surface area contributed by atoms with E-state index in [-0.39, 0.29) is 17.1 Å². The Morgan fingerprint density at radius 2 is 1.79 bits per heavy atom. The maximum Gasteiger partial charge on any atom is 0.257 e. The van der Waals surface area contributed by atoms with Crippen LogP contribution in [0.15, 0.2) is 71.1 Å². The van der Waals surface area contributed by atoms with Crippen molar-refractivity contribution >= 4 is 40.0 Å². The summed E-state index contributed by atoms with van der Waals surface area (Å²) in [7, 11) is 0. The molecular weight excluding hydrogens is 434 g/mol. The molecule has 6 nitrogen and oxygen atoms in total. The number of nitrogens with one attached hydrogen (secondary N) is 2. The zero-order valence-electron chi connectivity index (χ0n) is 18.7. The molecular formula is C26H25N3O3S. The van der Waals surface area contributed by atoms with Crippen LogP contribution in [0.3, 0.4) is 0 Å². The number of carbonyl (C=O) groups excluding carboxylic acids is 1. The van der Waals surface area contributed by atoms with E-state index in [1.54, 1.807) is 24.3 Å². The number of oxazole rings is 1.